The van der Waals surface area contributed by atoms with Gasteiger partial charge in [0.05, 0.1) is 5.54 Å². The summed E-state index contributed by atoms with van der Waals surface area (Å²) in [7, 11) is 0. The van der Waals surface area contributed by atoms with E-state index in [2.05, 4.69) is 54.4 Å². The van der Waals surface area contributed by atoms with Crippen LogP contribution in [0.5, 0.6) is 0 Å². The topological polar surface area (TPSA) is 15.3 Å². The van der Waals surface area contributed by atoms with E-state index in [9.17, 15) is 0 Å². The highest BCUT2D eigenvalue weighted by atomic mass is 35.5. The van der Waals surface area contributed by atoms with E-state index in [0.717, 1.165) is 25.6 Å². The van der Waals surface area contributed by atoms with Crippen molar-refractivity contribution in [3.63, 3.8) is 0 Å². The van der Waals surface area contributed by atoms with Crippen LogP contribution < -0.4 is 5.32 Å². The lowest BCUT2D eigenvalue weighted by molar-refractivity contribution is 0.0825. The molecule has 1 saturated carbocycles. The SMILES string of the molecule is C/C(=C/Cl)CN1CC(C)(c2ccccc2)NCC1C1CC1. The van der Waals surface area contributed by atoms with Gasteiger partial charge in [-0.05, 0) is 43.7 Å². The Bertz CT molecular complexity index is 509. The van der Waals surface area contributed by atoms with Gasteiger partial charge in [0.25, 0.3) is 0 Å². The summed E-state index contributed by atoms with van der Waals surface area (Å²) < 4.78 is 0. The summed E-state index contributed by atoms with van der Waals surface area (Å²) in [5.41, 5.74) is 4.38. The van der Waals surface area contributed by atoms with Crippen LogP contribution in [0.25, 0.3) is 0 Å². The molecule has 21 heavy (non-hydrogen) atoms. The lowest BCUT2D eigenvalue weighted by atomic mass is 9.87. The Hall–Kier alpha value is -0.830. The molecule has 2 fully saturated rings. The second-order valence-electron chi connectivity index (χ2n) is 6.84. The Morgan fingerprint density at radius 3 is 2.71 bits per heavy atom. The molecule has 3 rings (SSSR count). The smallest absolute Gasteiger partial charge is 0.0535 e. The minimum Gasteiger partial charge on any atom is -0.305 e. The third-order valence-corrected chi connectivity index (χ3v) is 5.28. The number of hydrogen-bond donors (Lipinski definition) is 1. The lowest BCUT2D eigenvalue weighted by Gasteiger charge is -2.47. The molecule has 1 saturated heterocycles. The van der Waals surface area contributed by atoms with Crippen LogP contribution >= 0.6 is 11.6 Å². The fourth-order valence-electron chi connectivity index (χ4n) is 3.51. The first-order valence-electron chi connectivity index (χ1n) is 7.93. The summed E-state index contributed by atoms with van der Waals surface area (Å²) in [6.45, 7) is 7.54. The third kappa shape index (κ3) is 3.33. The first kappa shape index (κ1) is 15.1. The summed E-state index contributed by atoms with van der Waals surface area (Å²) in [5, 5.41) is 3.81. The number of benzene rings is 1. The second-order valence-corrected chi connectivity index (χ2v) is 7.06. The van der Waals surface area contributed by atoms with E-state index in [4.69, 9.17) is 11.6 Å². The van der Waals surface area contributed by atoms with Gasteiger partial charge >= 0.3 is 0 Å². The van der Waals surface area contributed by atoms with E-state index in [1.54, 1.807) is 5.54 Å². The monoisotopic (exact) mass is 304 g/mol. The molecular formula is C18H25ClN2. The molecule has 2 unspecified atom stereocenters. The first-order valence-corrected chi connectivity index (χ1v) is 8.36. The lowest BCUT2D eigenvalue weighted by Crippen LogP contribution is -2.62. The predicted octanol–water partition coefficient (Wildman–Crippen LogP) is 3.73. The number of piperazine rings is 1. The highest BCUT2D eigenvalue weighted by Crippen LogP contribution is 2.39. The molecule has 0 spiro atoms. The standard InChI is InChI=1S/C18H25ClN2/c1-14(10-19)12-21-13-18(2,16-6-4-3-5-7-16)20-11-17(21)15-8-9-15/h3-7,10,15,17,20H,8-9,11-13H2,1-2H3/b14-10-. The molecule has 2 atom stereocenters. The van der Waals surface area contributed by atoms with Crippen LogP contribution in [0.4, 0.5) is 0 Å². The number of halogens is 1. The summed E-state index contributed by atoms with van der Waals surface area (Å²) in [6.07, 6.45) is 2.77. The largest absolute Gasteiger partial charge is 0.305 e. The molecule has 0 bridgehead atoms. The van der Waals surface area contributed by atoms with Crippen LogP contribution in [-0.2, 0) is 5.54 Å². The van der Waals surface area contributed by atoms with Gasteiger partial charge < -0.3 is 5.32 Å². The molecule has 1 aliphatic carbocycles. The van der Waals surface area contributed by atoms with Crippen molar-refractivity contribution in [1.82, 2.24) is 10.2 Å². The van der Waals surface area contributed by atoms with Crippen LogP contribution in [0, 0.1) is 5.92 Å². The van der Waals surface area contributed by atoms with Gasteiger partial charge in [0.15, 0.2) is 0 Å². The van der Waals surface area contributed by atoms with Gasteiger partial charge in [0, 0.05) is 31.2 Å². The Morgan fingerprint density at radius 2 is 2.10 bits per heavy atom. The maximum Gasteiger partial charge on any atom is 0.0535 e. The van der Waals surface area contributed by atoms with Crippen molar-refractivity contribution in [2.24, 2.45) is 5.92 Å². The molecule has 1 N–H and O–H groups in total. The van der Waals surface area contributed by atoms with Crippen molar-refractivity contribution in [2.45, 2.75) is 38.3 Å². The zero-order valence-electron chi connectivity index (χ0n) is 13.0. The van der Waals surface area contributed by atoms with Crippen molar-refractivity contribution < 1.29 is 0 Å². The van der Waals surface area contributed by atoms with Gasteiger partial charge in [-0.25, -0.2) is 0 Å². The molecule has 114 valence electrons. The van der Waals surface area contributed by atoms with Crippen molar-refractivity contribution in [3.05, 3.63) is 47.0 Å². The fourth-order valence-corrected chi connectivity index (χ4v) is 3.58. The highest BCUT2D eigenvalue weighted by Gasteiger charge is 2.42. The second kappa shape index (κ2) is 6.12. The van der Waals surface area contributed by atoms with Gasteiger partial charge in [0.1, 0.15) is 0 Å². The zero-order valence-corrected chi connectivity index (χ0v) is 13.7. The van der Waals surface area contributed by atoms with Crippen LogP contribution in [0.2, 0.25) is 0 Å². The molecular weight excluding hydrogens is 280 g/mol. The van der Waals surface area contributed by atoms with E-state index in [1.165, 1.54) is 24.0 Å². The maximum atomic E-state index is 5.90. The number of nitrogens with one attached hydrogen (secondary N) is 1. The molecule has 3 heteroatoms. The molecule has 2 aliphatic rings. The molecule has 1 aromatic rings. The fraction of sp³-hybridized carbons (Fsp3) is 0.556. The first-order chi connectivity index (χ1) is 10.1. The van der Waals surface area contributed by atoms with Crippen molar-refractivity contribution in [1.29, 1.82) is 0 Å². The van der Waals surface area contributed by atoms with Gasteiger partial charge in [-0.3, -0.25) is 4.90 Å². The number of hydrogen-bond acceptors (Lipinski definition) is 2. The van der Waals surface area contributed by atoms with Crippen LogP contribution in [0.1, 0.15) is 32.3 Å². The van der Waals surface area contributed by atoms with Crippen molar-refractivity contribution in [3.8, 4) is 0 Å². The normalized spacial score (nSPS) is 31.4. The average molecular weight is 305 g/mol. The zero-order chi connectivity index (χ0) is 14.9. The molecule has 2 nitrogen and oxygen atoms in total. The summed E-state index contributed by atoms with van der Waals surface area (Å²) >= 11 is 5.90. The van der Waals surface area contributed by atoms with Gasteiger partial charge in [-0.15, -0.1) is 0 Å². The third-order valence-electron chi connectivity index (χ3n) is 4.91. The predicted molar refractivity (Wildman–Crippen MR) is 89.5 cm³/mol. The molecule has 1 heterocycles. The number of rotatable bonds is 4. The Labute approximate surface area is 133 Å². The van der Waals surface area contributed by atoms with E-state index < -0.39 is 0 Å². The van der Waals surface area contributed by atoms with Crippen molar-refractivity contribution in [2.75, 3.05) is 19.6 Å². The molecule has 0 amide bonds. The average Bonchev–Trinajstić information content (AvgIpc) is 3.33. The maximum absolute atomic E-state index is 5.90. The van der Waals surface area contributed by atoms with E-state index in [0.29, 0.717) is 6.04 Å². The van der Waals surface area contributed by atoms with Crippen LogP contribution in [-0.4, -0.2) is 30.6 Å². The Balaban J connectivity index is 1.80. The summed E-state index contributed by atoms with van der Waals surface area (Å²) in [6, 6.07) is 11.5. The van der Waals surface area contributed by atoms with Crippen molar-refractivity contribution >= 4 is 11.6 Å². The van der Waals surface area contributed by atoms with Gasteiger partial charge in [0.2, 0.25) is 0 Å². The van der Waals surface area contributed by atoms with Crippen LogP contribution in [0.15, 0.2) is 41.4 Å². The molecule has 1 aromatic carbocycles. The van der Waals surface area contributed by atoms with Gasteiger partial charge in [-0.2, -0.15) is 0 Å². The molecule has 0 radical (unpaired) electrons. The van der Waals surface area contributed by atoms with E-state index in [1.807, 2.05) is 0 Å². The minimum atomic E-state index is 0.0270. The van der Waals surface area contributed by atoms with Crippen LogP contribution in [0.3, 0.4) is 0 Å². The summed E-state index contributed by atoms with van der Waals surface area (Å²) in [4.78, 5) is 2.63. The molecule has 1 aliphatic heterocycles. The number of nitrogens with zero attached hydrogens (tertiary/aromatic N) is 1. The van der Waals surface area contributed by atoms with Gasteiger partial charge in [-0.1, -0.05) is 41.9 Å². The quantitative estimate of drug-likeness (QED) is 0.912. The minimum absolute atomic E-state index is 0.0270. The summed E-state index contributed by atoms with van der Waals surface area (Å²) in [5.74, 6) is 0.876. The molecule has 0 aromatic heterocycles. The Morgan fingerprint density at radius 1 is 1.38 bits per heavy atom. The Kier molecular flexibility index (Phi) is 4.39. The van der Waals surface area contributed by atoms with E-state index in [-0.39, 0.29) is 5.54 Å². The van der Waals surface area contributed by atoms with E-state index >= 15 is 0 Å². The highest BCUT2D eigenvalue weighted by molar-refractivity contribution is 6.25.